The molecular weight excluding hydrogens is 300 g/mol. The highest BCUT2D eigenvalue weighted by molar-refractivity contribution is 5.84. The van der Waals surface area contributed by atoms with E-state index < -0.39 is 11.7 Å². The van der Waals surface area contributed by atoms with Crippen molar-refractivity contribution in [3.8, 4) is 0 Å². The SMILES string of the molecule is O=C(NC1CCc2cc(F)ccc21)C(CO)c1ccc(F)cc1. The minimum atomic E-state index is -0.750. The fraction of sp³-hybridized carbons (Fsp3) is 0.278. The summed E-state index contributed by atoms with van der Waals surface area (Å²) >= 11 is 0. The zero-order valence-corrected chi connectivity index (χ0v) is 12.4. The van der Waals surface area contributed by atoms with Crippen molar-refractivity contribution in [1.82, 2.24) is 5.32 Å². The first-order chi connectivity index (χ1) is 11.1. The molecule has 2 aromatic carbocycles. The number of rotatable bonds is 4. The second kappa shape index (κ2) is 6.46. The quantitative estimate of drug-likeness (QED) is 0.911. The molecule has 2 aromatic rings. The molecule has 0 saturated heterocycles. The molecule has 5 heteroatoms. The summed E-state index contributed by atoms with van der Waals surface area (Å²) in [6.07, 6.45) is 1.41. The molecule has 0 aliphatic heterocycles. The van der Waals surface area contributed by atoms with Gasteiger partial charge in [-0.1, -0.05) is 18.2 Å². The zero-order chi connectivity index (χ0) is 16.4. The molecule has 0 radical (unpaired) electrons. The monoisotopic (exact) mass is 317 g/mol. The van der Waals surface area contributed by atoms with Gasteiger partial charge >= 0.3 is 0 Å². The first kappa shape index (κ1) is 15.6. The molecule has 1 amide bonds. The lowest BCUT2D eigenvalue weighted by molar-refractivity contribution is -0.124. The second-order valence-corrected chi connectivity index (χ2v) is 5.73. The molecule has 3 rings (SSSR count). The molecule has 2 atom stereocenters. The molecular formula is C18H17F2NO2. The largest absolute Gasteiger partial charge is 0.395 e. The summed E-state index contributed by atoms with van der Waals surface area (Å²) in [7, 11) is 0. The number of carbonyl (C=O) groups is 1. The Morgan fingerprint density at radius 1 is 1.17 bits per heavy atom. The maximum Gasteiger partial charge on any atom is 0.230 e. The van der Waals surface area contributed by atoms with E-state index in [0.717, 1.165) is 11.1 Å². The maximum atomic E-state index is 13.2. The van der Waals surface area contributed by atoms with Crippen molar-refractivity contribution in [2.24, 2.45) is 0 Å². The molecule has 0 saturated carbocycles. The molecule has 3 nitrogen and oxygen atoms in total. The maximum absolute atomic E-state index is 13.2. The van der Waals surface area contributed by atoms with E-state index in [9.17, 15) is 18.7 Å². The second-order valence-electron chi connectivity index (χ2n) is 5.73. The summed E-state index contributed by atoms with van der Waals surface area (Å²) in [5.41, 5.74) is 2.37. The van der Waals surface area contributed by atoms with E-state index in [-0.39, 0.29) is 24.4 Å². The first-order valence-electron chi connectivity index (χ1n) is 7.53. The Morgan fingerprint density at radius 2 is 1.87 bits per heavy atom. The van der Waals surface area contributed by atoms with Crippen molar-refractivity contribution in [3.05, 3.63) is 70.8 Å². The van der Waals surface area contributed by atoms with E-state index >= 15 is 0 Å². The minimum Gasteiger partial charge on any atom is -0.395 e. The zero-order valence-electron chi connectivity index (χ0n) is 12.4. The Bertz CT molecular complexity index is 715. The van der Waals surface area contributed by atoms with Crippen molar-refractivity contribution in [1.29, 1.82) is 0 Å². The normalized spacial score (nSPS) is 17.6. The Hall–Kier alpha value is -2.27. The summed E-state index contributed by atoms with van der Waals surface area (Å²) in [6, 6.07) is 9.89. The molecule has 2 N–H and O–H groups in total. The highest BCUT2D eigenvalue weighted by Gasteiger charge is 2.27. The average molecular weight is 317 g/mol. The molecule has 0 bridgehead atoms. The molecule has 0 heterocycles. The number of carbonyl (C=O) groups excluding carboxylic acids is 1. The summed E-state index contributed by atoms with van der Waals surface area (Å²) < 4.78 is 26.2. The van der Waals surface area contributed by atoms with Crippen LogP contribution in [0.25, 0.3) is 0 Å². The number of hydrogen-bond donors (Lipinski definition) is 2. The molecule has 0 spiro atoms. The number of fused-ring (bicyclic) bond motifs is 1. The lowest BCUT2D eigenvalue weighted by Crippen LogP contribution is -2.33. The van der Waals surface area contributed by atoms with Crippen LogP contribution in [-0.4, -0.2) is 17.6 Å². The standard InChI is InChI=1S/C18H17F2NO2/c19-13-4-1-11(2-5-13)16(10-22)18(23)21-17-8-3-12-9-14(20)6-7-15(12)17/h1-2,4-7,9,16-17,22H,3,8,10H2,(H,21,23). The predicted octanol–water partition coefficient (Wildman–Crippen LogP) is 2.84. The third-order valence-electron chi connectivity index (χ3n) is 4.27. The topological polar surface area (TPSA) is 49.3 Å². The molecule has 120 valence electrons. The van der Waals surface area contributed by atoms with Gasteiger partial charge in [-0.3, -0.25) is 4.79 Å². The van der Waals surface area contributed by atoms with Gasteiger partial charge in [-0.05, 0) is 53.8 Å². The molecule has 0 fully saturated rings. The van der Waals surface area contributed by atoms with Gasteiger partial charge in [0.2, 0.25) is 5.91 Å². The third kappa shape index (κ3) is 3.24. The van der Waals surface area contributed by atoms with Gasteiger partial charge in [0.15, 0.2) is 0 Å². The van der Waals surface area contributed by atoms with Crippen LogP contribution < -0.4 is 5.32 Å². The van der Waals surface area contributed by atoms with Gasteiger partial charge in [0.1, 0.15) is 11.6 Å². The van der Waals surface area contributed by atoms with Gasteiger partial charge < -0.3 is 10.4 Å². The Labute approximate surface area is 133 Å². The van der Waals surface area contributed by atoms with E-state index in [2.05, 4.69) is 5.32 Å². The number of benzene rings is 2. The summed E-state index contributed by atoms with van der Waals surface area (Å²) in [6.45, 7) is -0.361. The Kier molecular flexibility index (Phi) is 4.39. The predicted molar refractivity (Wildman–Crippen MR) is 81.8 cm³/mol. The van der Waals surface area contributed by atoms with Crippen LogP contribution in [0.2, 0.25) is 0 Å². The fourth-order valence-corrected chi connectivity index (χ4v) is 3.04. The number of halogens is 2. The lowest BCUT2D eigenvalue weighted by atomic mass is 9.98. The van der Waals surface area contributed by atoms with Crippen LogP contribution >= 0.6 is 0 Å². The van der Waals surface area contributed by atoms with Crippen LogP contribution in [-0.2, 0) is 11.2 Å². The van der Waals surface area contributed by atoms with Crippen molar-refractivity contribution in [3.63, 3.8) is 0 Å². The molecule has 1 aliphatic rings. The minimum absolute atomic E-state index is 0.187. The van der Waals surface area contributed by atoms with Gasteiger partial charge in [0.25, 0.3) is 0 Å². The van der Waals surface area contributed by atoms with Crippen LogP contribution in [0.15, 0.2) is 42.5 Å². The van der Waals surface area contributed by atoms with Gasteiger partial charge in [0, 0.05) is 0 Å². The van der Waals surface area contributed by atoms with Gasteiger partial charge in [-0.2, -0.15) is 0 Å². The van der Waals surface area contributed by atoms with Crippen LogP contribution in [0.1, 0.15) is 35.1 Å². The van der Waals surface area contributed by atoms with Crippen LogP contribution in [0.5, 0.6) is 0 Å². The summed E-state index contributed by atoms with van der Waals surface area (Å²) in [4.78, 5) is 12.5. The van der Waals surface area contributed by atoms with E-state index in [4.69, 9.17) is 0 Å². The van der Waals surface area contributed by atoms with E-state index in [1.165, 1.54) is 36.4 Å². The summed E-state index contributed by atoms with van der Waals surface area (Å²) in [5, 5.41) is 12.4. The highest BCUT2D eigenvalue weighted by atomic mass is 19.1. The average Bonchev–Trinajstić information content (AvgIpc) is 2.92. The van der Waals surface area contributed by atoms with Crippen molar-refractivity contribution in [2.45, 2.75) is 24.8 Å². The van der Waals surface area contributed by atoms with Crippen LogP contribution in [0, 0.1) is 11.6 Å². The first-order valence-corrected chi connectivity index (χ1v) is 7.53. The smallest absolute Gasteiger partial charge is 0.230 e. The van der Waals surface area contributed by atoms with Crippen molar-refractivity contribution < 1.29 is 18.7 Å². The summed E-state index contributed by atoms with van der Waals surface area (Å²) in [5.74, 6) is -1.74. The molecule has 0 aromatic heterocycles. The number of aryl methyl sites for hydroxylation is 1. The fourth-order valence-electron chi connectivity index (χ4n) is 3.04. The van der Waals surface area contributed by atoms with E-state index in [1.807, 2.05) is 0 Å². The lowest BCUT2D eigenvalue weighted by Gasteiger charge is -2.19. The Balaban J connectivity index is 1.75. The molecule has 1 aliphatic carbocycles. The molecule has 23 heavy (non-hydrogen) atoms. The van der Waals surface area contributed by atoms with Gasteiger partial charge in [0.05, 0.1) is 18.6 Å². The Morgan fingerprint density at radius 3 is 2.57 bits per heavy atom. The number of aliphatic hydroxyl groups is 1. The third-order valence-corrected chi connectivity index (χ3v) is 4.27. The van der Waals surface area contributed by atoms with Gasteiger partial charge in [-0.15, -0.1) is 0 Å². The highest BCUT2D eigenvalue weighted by Crippen LogP contribution is 2.32. The number of nitrogens with one attached hydrogen (secondary N) is 1. The van der Waals surface area contributed by atoms with Crippen molar-refractivity contribution in [2.75, 3.05) is 6.61 Å². The number of amides is 1. The van der Waals surface area contributed by atoms with Crippen LogP contribution in [0.4, 0.5) is 8.78 Å². The van der Waals surface area contributed by atoms with Crippen molar-refractivity contribution >= 4 is 5.91 Å². The number of hydrogen-bond acceptors (Lipinski definition) is 2. The number of aliphatic hydroxyl groups excluding tert-OH is 1. The van der Waals surface area contributed by atoms with Gasteiger partial charge in [-0.25, -0.2) is 8.78 Å². The molecule has 2 unspecified atom stereocenters. The van der Waals surface area contributed by atoms with Crippen LogP contribution in [0.3, 0.4) is 0 Å². The van der Waals surface area contributed by atoms with E-state index in [0.29, 0.717) is 18.4 Å². The van der Waals surface area contributed by atoms with E-state index in [1.54, 1.807) is 6.07 Å².